The molecule has 3 aromatic rings. The Kier molecular flexibility index (Phi) is 6.49. The molecule has 1 aromatic heterocycles. The van der Waals surface area contributed by atoms with Gasteiger partial charge in [0.1, 0.15) is 11.4 Å². The van der Waals surface area contributed by atoms with E-state index in [1.54, 1.807) is 47.2 Å². The Balaban J connectivity index is 1.51. The molecule has 1 saturated heterocycles. The summed E-state index contributed by atoms with van der Waals surface area (Å²) in [7, 11) is 0. The smallest absolute Gasteiger partial charge is 0.410 e. The molecule has 0 atom stereocenters. The van der Waals surface area contributed by atoms with Gasteiger partial charge in [-0.3, -0.25) is 9.78 Å². The standard InChI is InChI=1S/C26H27ClFN3O3/c1-16-13-20(17-5-6-18-21(27)7-8-29-23(18)14-17)22(28)15-19(16)24(32)30-9-11-31(12-10-30)25(33)34-26(2,3)4/h5-8,13-15H,9-12H2,1-4H3. The van der Waals surface area contributed by atoms with Crippen LogP contribution in [0, 0.1) is 12.7 Å². The molecule has 178 valence electrons. The van der Waals surface area contributed by atoms with Gasteiger partial charge in [0, 0.05) is 48.9 Å². The van der Waals surface area contributed by atoms with Crippen molar-refractivity contribution in [3.63, 3.8) is 0 Å². The highest BCUT2D eigenvalue weighted by molar-refractivity contribution is 6.35. The van der Waals surface area contributed by atoms with Crippen LogP contribution in [-0.2, 0) is 4.74 Å². The van der Waals surface area contributed by atoms with Gasteiger partial charge in [0.05, 0.1) is 10.5 Å². The van der Waals surface area contributed by atoms with Gasteiger partial charge in [0.2, 0.25) is 0 Å². The maximum absolute atomic E-state index is 15.2. The van der Waals surface area contributed by atoms with Crippen molar-refractivity contribution in [2.75, 3.05) is 26.2 Å². The number of ether oxygens (including phenoxy) is 1. The van der Waals surface area contributed by atoms with Gasteiger partial charge in [0.25, 0.3) is 5.91 Å². The van der Waals surface area contributed by atoms with Crippen LogP contribution in [0.2, 0.25) is 5.02 Å². The number of hydrogen-bond acceptors (Lipinski definition) is 4. The molecule has 2 amide bonds. The summed E-state index contributed by atoms with van der Waals surface area (Å²) in [6, 6.07) is 10.1. The number of aryl methyl sites for hydroxylation is 1. The third-order valence-electron chi connectivity index (χ3n) is 5.76. The number of amides is 2. The molecule has 0 unspecified atom stereocenters. The van der Waals surface area contributed by atoms with E-state index in [4.69, 9.17) is 16.3 Å². The van der Waals surface area contributed by atoms with Crippen molar-refractivity contribution < 1.29 is 18.7 Å². The first-order chi connectivity index (χ1) is 16.0. The van der Waals surface area contributed by atoms with Gasteiger partial charge in [0.15, 0.2) is 0 Å². The summed E-state index contributed by atoms with van der Waals surface area (Å²) in [6.07, 6.45) is 1.22. The Morgan fingerprint density at radius 3 is 2.38 bits per heavy atom. The van der Waals surface area contributed by atoms with Gasteiger partial charge in [-0.15, -0.1) is 0 Å². The Bertz CT molecular complexity index is 1260. The molecular formula is C26H27ClFN3O3. The number of aromatic nitrogens is 1. The van der Waals surface area contributed by atoms with E-state index < -0.39 is 17.5 Å². The van der Waals surface area contributed by atoms with Crippen molar-refractivity contribution in [2.45, 2.75) is 33.3 Å². The minimum Gasteiger partial charge on any atom is -0.444 e. The summed E-state index contributed by atoms with van der Waals surface area (Å²) in [5.74, 6) is -0.735. The molecule has 0 N–H and O–H groups in total. The first kappa shape index (κ1) is 24.0. The van der Waals surface area contributed by atoms with Crippen LogP contribution in [0.4, 0.5) is 9.18 Å². The topological polar surface area (TPSA) is 62.7 Å². The fourth-order valence-electron chi connectivity index (χ4n) is 4.00. The molecule has 1 fully saturated rings. The van der Waals surface area contributed by atoms with Crippen LogP contribution >= 0.6 is 11.6 Å². The molecule has 0 spiro atoms. The molecule has 1 aliphatic heterocycles. The number of halogens is 2. The summed E-state index contributed by atoms with van der Waals surface area (Å²) in [5.41, 5.74) is 2.14. The number of piperazine rings is 1. The highest BCUT2D eigenvalue weighted by Gasteiger charge is 2.29. The van der Waals surface area contributed by atoms with Crippen LogP contribution in [0.3, 0.4) is 0 Å². The number of carbonyl (C=O) groups excluding carboxylic acids is 2. The fourth-order valence-corrected chi connectivity index (χ4v) is 4.22. The van der Waals surface area contributed by atoms with Crippen molar-refractivity contribution in [3.05, 3.63) is 64.6 Å². The predicted molar refractivity (Wildman–Crippen MR) is 131 cm³/mol. The van der Waals surface area contributed by atoms with E-state index in [2.05, 4.69) is 4.98 Å². The lowest BCUT2D eigenvalue weighted by Gasteiger charge is -2.35. The van der Waals surface area contributed by atoms with Crippen molar-refractivity contribution in [1.29, 1.82) is 0 Å². The van der Waals surface area contributed by atoms with Crippen molar-refractivity contribution in [2.24, 2.45) is 0 Å². The van der Waals surface area contributed by atoms with E-state index in [9.17, 15) is 9.59 Å². The molecule has 8 heteroatoms. The summed E-state index contributed by atoms with van der Waals surface area (Å²) < 4.78 is 20.6. The molecular weight excluding hydrogens is 457 g/mol. The largest absolute Gasteiger partial charge is 0.444 e. The molecule has 34 heavy (non-hydrogen) atoms. The predicted octanol–water partition coefficient (Wildman–Crippen LogP) is 5.70. The molecule has 0 bridgehead atoms. The second-order valence-corrected chi connectivity index (χ2v) is 9.84. The molecule has 0 aliphatic carbocycles. The van der Waals surface area contributed by atoms with E-state index in [1.165, 1.54) is 6.07 Å². The average Bonchev–Trinajstić information content (AvgIpc) is 2.79. The van der Waals surface area contributed by atoms with E-state index in [0.29, 0.717) is 59.0 Å². The molecule has 0 radical (unpaired) electrons. The van der Waals surface area contributed by atoms with Crippen LogP contribution in [0.5, 0.6) is 0 Å². The Morgan fingerprint density at radius 2 is 1.71 bits per heavy atom. The van der Waals surface area contributed by atoms with Crippen molar-refractivity contribution >= 4 is 34.5 Å². The normalized spacial score (nSPS) is 14.4. The third-order valence-corrected chi connectivity index (χ3v) is 6.09. The van der Waals surface area contributed by atoms with Crippen LogP contribution in [0.1, 0.15) is 36.7 Å². The maximum atomic E-state index is 15.2. The monoisotopic (exact) mass is 483 g/mol. The maximum Gasteiger partial charge on any atom is 0.410 e. The van der Waals surface area contributed by atoms with E-state index >= 15 is 4.39 Å². The molecule has 2 heterocycles. The SMILES string of the molecule is Cc1cc(-c2ccc3c(Cl)ccnc3c2)c(F)cc1C(=O)N1CCN(C(=O)OC(C)(C)C)CC1. The van der Waals surface area contributed by atoms with Gasteiger partial charge < -0.3 is 14.5 Å². The van der Waals surface area contributed by atoms with E-state index in [-0.39, 0.29) is 5.91 Å². The van der Waals surface area contributed by atoms with Gasteiger partial charge in [-0.25, -0.2) is 9.18 Å². The Morgan fingerprint density at radius 1 is 1.03 bits per heavy atom. The average molecular weight is 484 g/mol. The number of hydrogen-bond donors (Lipinski definition) is 0. The van der Waals surface area contributed by atoms with Gasteiger partial charge in [-0.05, 0) is 63.1 Å². The second-order valence-electron chi connectivity index (χ2n) is 9.43. The van der Waals surface area contributed by atoms with E-state index in [1.807, 2.05) is 26.8 Å². The summed E-state index contributed by atoms with van der Waals surface area (Å²) in [4.78, 5) is 33.0. The number of fused-ring (bicyclic) bond motifs is 1. The van der Waals surface area contributed by atoms with Crippen molar-refractivity contribution in [1.82, 2.24) is 14.8 Å². The van der Waals surface area contributed by atoms with Crippen LogP contribution < -0.4 is 0 Å². The first-order valence-corrected chi connectivity index (χ1v) is 11.5. The number of nitrogens with zero attached hydrogens (tertiary/aromatic N) is 3. The summed E-state index contributed by atoms with van der Waals surface area (Å²) in [5, 5.41) is 1.38. The van der Waals surface area contributed by atoms with Crippen molar-refractivity contribution in [3.8, 4) is 11.1 Å². The zero-order valence-corrected chi connectivity index (χ0v) is 20.4. The fraction of sp³-hybridized carbons (Fsp3) is 0.346. The molecule has 4 rings (SSSR count). The highest BCUT2D eigenvalue weighted by atomic mass is 35.5. The zero-order chi connectivity index (χ0) is 24.6. The summed E-state index contributed by atoms with van der Waals surface area (Å²) >= 11 is 6.21. The van der Waals surface area contributed by atoms with Crippen LogP contribution in [-0.4, -0.2) is 58.6 Å². The lowest BCUT2D eigenvalue weighted by atomic mass is 9.97. The lowest BCUT2D eigenvalue weighted by Crippen LogP contribution is -2.51. The van der Waals surface area contributed by atoms with Crippen LogP contribution in [0.15, 0.2) is 42.6 Å². The van der Waals surface area contributed by atoms with E-state index in [0.717, 1.165) is 5.39 Å². The molecule has 1 aliphatic rings. The van der Waals surface area contributed by atoms with Gasteiger partial charge in [-0.1, -0.05) is 23.7 Å². The van der Waals surface area contributed by atoms with Gasteiger partial charge in [-0.2, -0.15) is 0 Å². The number of benzene rings is 2. The first-order valence-electron chi connectivity index (χ1n) is 11.2. The second kappa shape index (κ2) is 9.22. The molecule has 0 saturated carbocycles. The Labute approximate surface area is 203 Å². The molecule has 6 nitrogen and oxygen atoms in total. The minimum absolute atomic E-state index is 0.251. The number of rotatable bonds is 2. The quantitative estimate of drug-likeness (QED) is 0.469. The van der Waals surface area contributed by atoms with Gasteiger partial charge >= 0.3 is 6.09 Å². The zero-order valence-electron chi connectivity index (χ0n) is 19.7. The lowest BCUT2D eigenvalue weighted by molar-refractivity contribution is 0.0140. The number of pyridine rings is 1. The third kappa shape index (κ3) is 4.99. The minimum atomic E-state index is -0.576. The highest BCUT2D eigenvalue weighted by Crippen LogP contribution is 2.31. The summed E-state index contributed by atoms with van der Waals surface area (Å²) in [6.45, 7) is 8.69. The molecule has 2 aromatic carbocycles. The Hall–Kier alpha value is -3.19. The number of carbonyl (C=O) groups is 2. The van der Waals surface area contributed by atoms with Crippen LogP contribution in [0.25, 0.3) is 22.0 Å².